The molecule has 0 unspecified atom stereocenters. The summed E-state index contributed by atoms with van der Waals surface area (Å²) in [5.41, 5.74) is 7.02. The summed E-state index contributed by atoms with van der Waals surface area (Å²) in [5.74, 6) is 0.894. The first kappa shape index (κ1) is 23.0. The van der Waals surface area contributed by atoms with Crippen LogP contribution in [0.25, 0.3) is 22.6 Å². The number of aryl methyl sites for hydroxylation is 2. The van der Waals surface area contributed by atoms with E-state index in [1.807, 2.05) is 0 Å². The van der Waals surface area contributed by atoms with Crippen LogP contribution < -0.4 is 10.5 Å². The van der Waals surface area contributed by atoms with Crippen LogP contribution in [0.3, 0.4) is 0 Å². The lowest BCUT2D eigenvalue weighted by molar-refractivity contribution is 0.420. The Hall–Kier alpha value is -2.30. The van der Waals surface area contributed by atoms with Gasteiger partial charge in [0.2, 0.25) is 10.0 Å². The Kier molecular flexibility index (Phi) is 6.51. The molecule has 0 atom stereocenters. The van der Waals surface area contributed by atoms with Crippen molar-refractivity contribution in [2.45, 2.75) is 32.2 Å². The van der Waals surface area contributed by atoms with Gasteiger partial charge in [-0.2, -0.15) is 0 Å². The Labute approximate surface area is 175 Å². The van der Waals surface area contributed by atoms with Gasteiger partial charge in [-0.1, -0.05) is 12.1 Å². The Morgan fingerprint density at radius 1 is 1.24 bits per heavy atom. The number of halogens is 2. The second-order valence-corrected chi connectivity index (χ2v) is 9.21. The van der Waals surface area contributed by atoms with Crippen molar-refractivity contribution in [2.24, 2.45) is 7.05 Å². The standard InChI is InChI=1S/C18H23FN6O2S.ClH/c1-18(2,24-28(4,26)27)9-8-13-21-15(20)14-17(22-13)25(3)16(23-14)11-6-5-7-12(19)10-11;/h5-7,10,24H,8-9H2,1-4H3,(H2,20,21,22);1H. The van der Waals surface area contributed by atoms with Crippen LogP contribution in [0.15, 0.2) is 24.3 Å². The highest BCUT2D eigenvalue weighted by Gasteiger charge is 2.23. The van der Waals surface area contributed by atoms with Gasteiger partial charge in [-0.25, -0.2) is 32.5 Å². The molecule has 1 aromatic carbocycles. The van der Waals surface area contributed by atoms with Crippen LogP contribution in [0.2, 0.25) is 0 Å². The lowest BCUT2D eigenvalue weighted by Gasteiger charge is -2.24. The van der Waals surface area contributed by atoms with Gasteiger partial charge in [0.1, 0.15) is 17.5 Å². The van der Waals surface area contributed by atoms with Gasteiger partial charge >= 0.3 is 0 Å². The zero-order chi connectivity index (χ0) is 20.7. The summed E-state index contributed by atoms with van der Waals surface area (Å²) in [5, 5.41) is 0. The van der Waals surface area contributed by atoms with Crippen molar-refractivity contribution in [1.82, 2.24) is 24.2 Å². The molecule has 0 amide bonds. The third-order valence-corrected chi connectivity index (χ3v) is 5.23. The van der Waals surface area contributed by atoms with E-state index in [1.165, 1.54) is 12.1 Å². The lowest BCUT2D eigenvalue weighted by atomic mass is 10.00. The fourth-order valence-electron chi connectivity index (χ4n) is 3.10. The first-order valence-electron chi connectivity index (χ1n) is 8.69. The Balaban J connectivity index is 0.00000300. The van der Waals surface area contributed by atoms with Gasteiger partial charge in [-0.3, -0.25) is 0 Å². The number of benzene rings is 1. The molecule has 2 heterocycles. The second-order valence-electron chi connectivity index (χ2n) is 7.46. The van der Waals surface area contributed by atoms with Crippen molar-refractivity contribution in [1.29, 1.82) is 0 Å². The highest BCUT2D eigenvalue weighted by Crippen LogP contribution is 2.26. The average Bonchev–Trinajstić information content (AvgIpc) is 2.89. The molecular formula is C18H24ClFN6O2S. The molecule has 3 N–H and O–H groups in total. The van der Waals surface area contributed by atoms with E-state index in [1.54, 1.807) is 37.6 Å². The van der Waals surface area contributed by atoms with Crippen molar-refractivity contribution in [3.63, 3.8) is 0 Å². The van der Waals surface area contributed by atoms with E-state index in [-0.39, 0.29) is 24.0 Å². The average molecular weight is 443 g/mol. The van der Waals surface area contributed by atoms with Crippen LogP contribution >= 0.6 is 12.4 Å². The number of hydrogen-bond donors (Lipinski definition) is 2. The fraction of sp³-hybridized carbons (Fsp3) is 0.389. The van der Waals surface area contributed by atoms with E-state index in [0.717, 1.165) is 6.26 Å². The normalized spacial score (nSPS) is 12.2. The summed E-state index contributed by atoms with van der Waals surface area (Å²) in [7, 11) is -1.55. The number of fused-ring (bicyclic) bond motifs is 1. The van der Waals surface area contributed by atoms with Gasteiger partial charge in [-0.15, -0.1) is 12.4 Å². The minimum atomic E-state index is -3.33. The third-order valence-electron chi connectivity index (χ3n) is 4.31. The summed E-state index contributed by atoms with van der Waals surface area (Å²) in [6, 6.07) is 6.13. The first-order chi connectivity index (χ1) is 13.0. The molecular weight excluding hydrogens is 419 g/mol. The van der Waals surface area contributed by atoms with E-state index in [0.29, 0.717) is 41.2 Å². The number of nitrogens with zero attached hydrogens (tertiary/aromatic N) is 4. The molecule has 8 nitrogen and oxygen atoms in total. The maximum atomic E-state index is 13.6. The summed E-state index contributed by atoms with van der Waals surface area (Å²) < 4.78 is 40.9. The predicted octanol–water partition coefficient (Wildman–Crippen LogP) is 2.43. The SMILES string of the molecule is Cl.Cn1c(-c2cccc(F)c2)nc2c(N)nc(CCC(C)(C)NS(C)(=O)=O)nc21. The van der Waals surface area contributed by atoms with Crippen LogP contribution in [0.5, 0.6) is 0 Å². The molecule has 0 aliphatic carbocycles. The molecule has 0 saturated carbocycles. The molecule has 0 saturated heterocycles. The quantitative estimate of drug-likeness (QED) is 0.605. The van der Waals surface area contributed by atoms with Gasteiger partial charge in [0.05, 0.1) is 6.26 Å². The summed E-state index contributed by atoms with van der Waals surface area (Å²) in [4.78, 5) is 13.3. The van der Waals surface area contributed by atoms with Crippen LogP contribution in [0, 0.1) is 5.82 Å². The van der Waals surface area contributed by atoms with Gasteiger partial charge in [-0.05, 0) is 32.4 Å². The molecule has 29 heavy (non-hydrogen) atoms. The summed E-state index contributed by atoms with van der Waals surface area (Å²) in [6.45, 7) is 3.59. The van der Waals surface area contributed by atoms with Gasteiger partial charge in [0.25, 0.3) is 0 Å². The number of imidazole rings is 1. The minimum Gasteiger partial charge on any atom is -0.382 e. The van der Waals surface area contributed by atoms with Crippen LogP contribution in [0.4, 0.5) is 10.2 Å². The monoisotopic (exact) mass is 442 g/mol. The van der Waals surface area contributed by atoms with Gasteiger partial charge in [0, 0.05) is 24.6 Å². The summed E-state index contributed by atoms with van der Waals surface area (Å²) >= 11 is 0. The molecule has 158 valence electrons. The number of anilines is 1. The molecule has 0 spiro atoms. The number of rotatable bonds is 6. The van der Waals surface area contributed by atoms with Crippen molar-refractivity contribution in [3.05, 3.63) is 35.9 Å². The summed E-state index contributed by atoms with van der Waals surface area (Å²) in [6.07, 6.45) is 2.04. The molecule has 0 fully saturated rings. The fourth-order valence-corrected chi connectivity index (χ4v) is 4.21. The van der Waals surface area contributed by atoms with Crippen molar-refractivity contribution in [3.8, 4) is 11.4 Å². The molecule has 0 bridgehead atoms. The first-order valence-corrected chi connectivity index (χ1v) is 10.6. The van der Waals surface area contributed by atoms with E-state index in [2.05, 4.69) is 19.7 Å². The van der Waals surface area contributed by atoms with E-state index in [9.17, 15) is 12.8 Å². The topological polar surface area (TPSA) is 116 Å². The molecule has 2 aromatic heterocycles. The van der Waals surface area contributed by atoms with Crippen LogP contribution in [-0.4, -0.2) is 39.7 Å². The minimum absolute atomic E-state index is 0. The van der Waals surface area contributed by atoms with Crippen molar-refractivity contribution in [2.75, 3.05) is 12.0 Å². The van der Waals surface area contributed by atoms with Crippen molar-refractivity contribution >= 4 is 39.4 Å². The zero-order valence-electron chi connectivity index (χ0n) is 16.6. The number of hydrogen-bond acceptors (Lipinski definition) is 6. The number of nitrogens with one attached hydrogen (secondary N) is 1. The molecule has 0 aliphatic heterocycles. The van der Waals surface area contributed by atoms with Crippen molar-refractivity contribution < 1.29 is 12.8 Å². The smallest absolute Gasteiger partial charge is 0.209 e. The van der Waals surface area contributed by atoms with E-state index < -0.39 is 15.6 Å². The maximum Gasteiger partial charge on any atom is 0.209 e. The van der Waals surface area contributed by atoms with Gasteiger partial charge in [0.15, 0.2) is 17.0 Å². The predicted molar refractivity (Wildman–Crippen MR) is 114 cm³/mol. The van der Waals surface area contributed by atoms with Gasteiger partial charge < -0.3 is 10.3 Å². The number of aromatic nitrogens is 4. The second kappa shape index (κ2) is 8.21. The molecule has 0 aliphatic rings. The molecule has 3 aromatic rings. The van der Waals surface area contributed by atoms with E-state index >= 15 is 0 Å². The third kappa shape index (κ3) is 5.40. The number of sulfonamides is 1. The lowest BCUT2D eigenvalue weighted by Crippen LogP contribution is -2.43. The highest BCUT2D eigenvalue weighted by molar-refractivity contribution is 7.88. The van der Waals surface area contributed by atoms with Crippen LogP contribution in [0.1, 0.15) is 26.1 Å². The zero-order valence-corrected chi connectivity index (χ0v) is 18.2. The Morgan fingerprint density at radius 3 is 2.55 bits per heavy atom. The Bertz CT molecular complexity index is 1150. The van der Waals surface area contributed by atoms with E-state index in [4.69, 9.17) is 5.73 Å². The number of nitrogens with two attached hydrogens (primary N) is 1. The molecule has 3 rings (SSSR count). The highest BCUT2D eigenvalue weighted by atomic mass is 35.5. The number of nitrogen functional groups attached to an aromatic ring is 1. The molecule has 0 radical (unpaired) electrons. The molecule has 11 heteroatoms. The largest absolute Gasteiger partial charge is 0.382 e. The van der Waals surface area contributed by atoms with Crippen LogP contribution in [-0.2, 0) is 23.5 Å². The maximum absolute atomic E-state index is 13.6. The Morgan fingerprint density at radius 2 is 1.93 bits per heavy atom.